The largest absolute Gasteiger partial charge is 0.246 e. The van der Waals surface area contributed by atoms with E-state index in [-0.39, 0.29) is 4.60 Å². The average molecular weight is 195 g/mol. The molecule has 9 heavy (non-hydrogen) atoms. The second-order valence-electron chi connectivity index (χ2n) is 1.32. The Morgan fingerprint density at radius 1 is 1.89 bits per heavy atom. The highest BCUT2D eigenvalue weighted by atomic mass is 79.9. The van der Waals surface area contributed by atoms with Crippen molar-refractivity contribution >= 4 is 15.9 Å². The lowest BCUT2D eigenvalue weighted by atomic mass is 10.4. The molecule has 1 heterocycles. The Kier molecular flexibility index (Phi) is 0.720. The molecule has 0 N–H and O–H groups in total. The predicted octanol–water partition coefficient (Wildman–Crippen LogP) is 2.29. The molecule has 0 amide bonds. The second kappa shape index (κ2) is 2.43. The predicted molar refractivity (Wildman–Crippen MR) is 36.6 cm³/mol. The van der Waals surface area contributed by atoms with Crippen molar-refractivity contribution in [2.24, 2.45) is 0 Å². The number of hydrogen-bond donors (Lipinski definition) is 0. The summed E-state index contributed by atoms with van der Waals surface area (Å²) in [7, 11) is 0. The second-order valence-corrected chi connectivity index (χ2v) is 2.07. The van der Waals surface area contributed by atoms with E-state index in [0.29, 0.717) is 0 Å². The molecule has 1 aromatic rings. The molecule has 0 saturated carbocycles. The molecule has 1 rings (SSSR count). The van der Waals surface area contributed by atoms with Gasteiger partial charge in [0.05, 0.1) is 2.74 Å². The maximum atomic E-state index is 13.1. The minimum atomic E-state index is -2.64. The molecule has 0 spiro atoms. The summed E-state index contributed by atoms with van der Waals surface area (Å²) in [6.45, 7) is -2.64. The third kappa shape index (κ3) is 1.75. The lowest BCUT2D eigenvalue weighted by Crippen LogP contribution is -1.83. The molecule has 0 aliphatic rings. The molecule has 0 atom stereocenters. The molecule has 3 heteroatoms. The Morgan fingerprint density at radius 2 is 2.67 bits per heavy atom. The van der Waals surface area contributed by atoms with Gasteiger partial charge in [-0.3, -0.25) is 0 Å². The SMILES string of the molecule is [2H]c1c(Br)nc(C([2H])([2H])[2H])c([2H])c1F. The number of aromatic nitrogens is 1. The minimum absolute atomic E-state index is 0.211. The van der Waals surface area contributed by atoms with Crippen molar-refractivity contribution in [1.29, 1.82) is 0 Å². The highest BCUT2D eigenvalue weighted by Crippen LogP contribution is 2.08. The van der Waals surface area contributed by atoms with Crippen molar-refractivity contribution in [3.8, 4) is 0 Å². The fraction of sp³-hybridized carbons (Fsp3) is 0.167. The van der Waals surface area contributed by atoms with Crippen molar-refractivity contribution in [3.05, 3.63) is 28.2 Å². The molecule has 1 aromatic heterocycles. The number of nitrogens with zero attached hydrogens (tertiary/aromatic N) is 1. The van der Waals surface area contributed by atoms with Crippen molar-refractivity contribution in [3.63, 3.8) is 0 Å². The normalized spacial score (nSPS) is 19.1. The number of aryl methyl sites for hydroxylation is 1. The third-order valence-electron chi connectivity index (χ3n) is 0.651. The van der Waals surface area contributed by atoms with Crippen LogP contribution in [-0.2, 0) is 0 Å². The summed E-state index contributed by atoms with van der Waals surface area (Å²) in [6, 6.07) is -1.46. The Morgan fingerprint density at radius 3 is 3.33 bits per heavy atom. The first-order chi connectivity index (χ1) is 6.25. The van der Waals surface area contributed by atoms with Crippen molar-refractivity contribution in [2.45, 2.75) is 6.85 Å². The van der Waals surface area contributed by atoms with Crippen LogP contribution < -0.4 is 0 Å². The highest BCUT2D eigenvalue weighted by molar-refractivity contribution is 9.10. The van der Waals surface area contributed by atoms with Crippen LogP contribution >= 0.6 is 15.9 Å². The summed E-state index contributed by atoms with van der Waals surface area (Å²) in [5.74, 6) is -1.18. The van der Waals surface area contributed by atoms with Gasteiger partial charge in [0, 0.05) is 15.8 Å². The van der Waals surface area contributed by atoms with Crippen LogP contribution in [0, 0.1) is 12.7 Å². The van der Waals surface area contributed by atoms with Crippen molar-refractivity contribution < 1.29 is 11.2 Å². The van der Waals surface area contributed by atoms with Crippen LogP contribution in [-0.4, -0.2) is 4.98 Å². The third-order valence-corrected chi connectivity index (χ3v) is 1.03. The van der Waals surface area contributed by atoms with Crippen LogP contribution in [0.25, 0.3) is 0 Å². The first-order valence-electron chi connectivity index (χ1n) is 4.58. The average Bonchev–Trinajstić information content (AvgIpc) is 2.06. The topological polar surface area (TPSA) is 12.9 Å². The Bertz CT molecular complexity index is 377. The molecule has 0 radical (unpaired) electrons. The maximum absolute atomic E-state index is 13.1. The quantitative estimate of drug-likeness (QED) is 0.578. The molecule has 48 valence electrons. The van der Waals surface area contributed by atoms with Gasteiger partial charge in [-0.2, -0.15) is 0 Å². The summed E-state index contributed by atoms with van der Waals surface area (Å²) in [4.78, 5) is 3.44. The van der Waals surface area contributed by atoms with Crippen LogP contribution in [0.5, 0.6) is 0 Å². The van der Waals surface area contributed by atoms with Gasteiger partial charge in [-0.1, -0.05) is 0 Å². The lowest BCUT2D eigenvalue weighted by molar-refractivity contribution is 0.622. The summed E-state index contributed by atoms with van der Waals surface area (Å²) < 4.78 is 48.1. The number of rotatable bonds is 0. The summed E-state index contributed by atoms with van der Waals surface area (Å²) in [6.07, 6.45) is 0. The van der Waals surface area contributed by atoms with Crippen molar-refractivity contribution in [2.75, 3.05) is 0 Å². The smallest absolute Gasteiger partial charge is 0.127 e. The number of pyridine rings is 1. The van der Waals surface area contributed by atoms with Crippen LogP contribution in [0.2, 0.25) is 0 Å². The molecule has 0 aliphatic heterocycles. The lowest BCUT2D eigenvalue weighted by Gasteiger charge is -1.92. The molecule has 0 bridgehead atoms. The monoisotopic (exact) mass is 194 g/mol. The summed E-state index contributed by atoms with van der Waals surface area (Å²) in [5, 5.41) is 0. The maximum Gasteiger partial charge on any atom is 0.127 e. The van der Waals surface area contributed by atoms with E-state index < -0.39 is 30.4 Å². The van der Waals surface area contributed by atoms with E-state index in [1.165, 1.54) is 0 Å². The van der Waals surface area contributed by atoms with Gasteiger partial charge < -0.3 is 0 Å². The Labute approximate surface area is 68.1 Å². The van der Waals surface area contributed by atoms with Crippen LogP contribution in [0.4, 0.5) is 4.39 Å². The summed E-state index contributed by atoms with van der Waals surface area (Å²) in [5.41, 5.74) is -0.641. The van der Waals surface area contributed by atoms with Gasteiger partial charge in [0.15, 0.2) is 0 Å². The van der Waals surface area contributed by atoms with E-state index in [4.69, 9.17) is 6.85 Å². The van der Waals surface area contributed by atoms with E-state index in [1.807, 2.05) is 0 Å². The van der Waals surface area contributed by atoms with Gasteiger partial charge in [-0.05, 0) is 28.8 Å². The minimum Gasteiger partial charge on any atom is -0.246 e. The van der Waals surface area contributed by atoms with Crippen LogP contribution in [0.15, 0.2) is 16.7 Å². The molecule has 0 fully saturated rings. The van der Waals surface area contributed by atoms with Crippen LogP contribution in [0.1, 0.15) is 12.5 Å². The molecule has 0 unspecified atom stereocenters. The van der Waals surface area contributed by atoms with Gasteiger partial charge in [0.2, 0.25) is 0 Å². The fourth-order valence-corrected chi connectivity index (χ4v) is 0.731. The van der Waals surface area contributed by atoms with Crippen LogP contribution in [0.3, 0.4) is 0 Å². The molecule has 0 aromatic carbocycles. The highest BCUT2D eigenvalue weighted by Gasteiger charge is 1.93. The molecule has 1 nitrogen and oxygen atoms in total. The van der Waals surface area contributed by atoms with Gasteiger partial charge in [0.1, 0.15) is 10.4 Å². The van der Waals surface area contributed by atoms with Gasteiger partial charge in [-0.15, -0.1) is 0 Å². The van der Waals surface area contributed by atoms with Gasteiger partial charge in [-0.25, -0.2) is 9.37 Å². The number of halogens is 2. The Balaban J connectivity index is 3.49. The molecular weight excluding hydrogens is 185 g/mol. The van der Waals surface area contributed by atoms with E-state index >= 15 is 0 Å². The fourth-order valence-electron chi connectivity index (χ4n) is 0.380. The summed E-state index contributed by atoms with van der Waals surface area (Å²) >= 11 is 2.75. The zero-order valence-corrected chi connectivity index (χ0v) is 5.79. The van der Waals surface area contributed by atoms with E-state index in [9.17, 15) is 4.39 Å². The van der Waals surface area contributed by atoms with E-state index in [2.05, 4.69) is 20.9 Å². The van der Waals surface area contributed by atoms with E-state index in [0.717, 1.165) is 0 Å². The van der Waals surface area contributed by atoms with Gasteiger partial charge in [0.25, 0.3) is 0 Å². The molecule has 0 aliphatic carbocycles. The molecule has 0 saturated heterocycles. The zero-order valence-electron chi connectivity index (χ0n) is 9.20. The standard InChI is InChI=1S/C6H5BrFN/c1-4-2-5(8)3-6(7)9-4/h2-3H,1H3/i1D3,2D,3D. The van der Waals surface area contributed by atoms with E-state index in [1.54, 1.807) is 0 Å². The zero-order chi connectivity index (χ0) is 11.1. The molecular formula is C6H5BrFN. The Hall–Kier alpha value is -0.440. The first-order valence-corrected chi connectivity index (χ1v) is 2.87. The van der Waals surface area contributed by atoms with Gasteiger partial charge >= 0.3 is 0 Å². The number of hydrogen-bond acceptors (Lipinski definition) is 1. The first kappa shape index (κ1) is 2.66. The van der Waals surface area contributed by atoms with Crippen molar-refractivity contribution in [1.82, 2.24) is 4.98 Å².